The summed E-state index contributed by atoms with van der Waals surface area (Å²) in [5.41, 5.74) is 1.89. The molecule has 5 nitrogen and oxygen atoms in total. The van der Waals surface area contributed by atoms with Crippen LogP contribution in [0.15, 0.2) is 35.7 Å². The zero-order valence-corrected chi connectivity index (χ0v) is 13.9. The quantitative estimate of drug-likeness (QED) is 0.841. The van der Waals surface area contributed by atoms with Gasteiger partial charge in [0.25, 0.3) is 0 Å². The van der Waals surface area contributed by atoms with E-state index in [2.05, 4.69) is 10.3 Å². The largest absolute Gasteiger partial charge is 0.301 e. The lowest BCUT2D eigenvalue weighted by Crippen LogP contribution is -2.24. The number of nitrogens with one attached hydrogen (secondary N) is 1. The number of aromatic nitrogens is 1. The Balaban J connectivity index is 1.79. The van der Waals surface area contributed by atoms with Crippen LogP contribution >= 0.6 is 11.3 Å². The topological polar surface area (TPSA) is 76.1 Å². The molecule has 1 aromatic carbocycles. The van der Waals surface area contributed by atoms with Gasteiger partial charge in [-0.25, -0.2) is 13.4 Å². The molecular weight excluding hydrogens is 320 g/mol. The summed E-state index contributed by atoms with van der Waals surface area (Å²) in [6.07, 6.45) is 1.20. The second-order valence-corrected chi connectivity index (χ2v) is 8.07. The molecule has 0 spiro atoms. The van der Waals surface area contributed by atoms with Crippen LogP contribution in [0.25, 0.3) is 0 Å². The number of rotatable bonds is 7. The van der Waals surface area contributed by atoms with Gasteiger partial charge < -0.3 is 5.32 Å². The van der Waals surface area contributed by atoms with E-state index in [1.807, 2.05) is 37.3 Å². The number of benzene rings is 1. The number of carbonyl (C=O) groups excluding carboxylic acids is 1. The number of aryl methyl sites for hydroxylation is 2. The van der Waals surface area contributed by atoms with Crippen LogP contribution in [-0.2, 0) is 21.1 Å². The standard InChI is InChI=1S/C15H18N2O3S2/c1-12-10-21-15(16-12)17-14(18)11-22(19,20)9-5-8-13-6-3-2-4-7-13/h2-4,6-7,10H,5,8-9,11H2,1H3,(H,16,17,18). The average Bonchev–Trinajstić information content (AvgIpc) is 2.84. The molecule has 0 aliphatic carbocycles. The van der Waals surface area contributed by atoms with E-state index < -0.39 is 21.5 Å². The SMILES string of the molecule is Cc1csc(NC(=O)CS(=O)(=O)CCCc2ccccc2)n1. The molecule has 0 aliphatic heterocycles. The Morgan fingerprint density at radius 2 is 2.00 bits per heavy atom. The van der Waals surface area contributed by atoms with Gasteiger partial charge in [-0.05, 0) is 25.3 Å². The van der Waals surface area contributed by atoms with E-state index in [0.717, 1.165) is 11.3 Å². The van der Waals surface area contributed by atoms with E-state index in [1.165, 1.54) is 11.3 Å². The van der Waals surface area contributed by atoms with Gasteiger partial charge in [0.15, 0.2) is 15.0 Å². The molecule has 2 rings (SSSR count). The Bertz CT molecular complexity index is 724. The number of nitrogens with zero attached hydrogens (tertiary/aromatic N) is 1. The fourth-order valence-corrected chi connectivity index (χ4v) is 3.88. The Morgan fingerprint density at radius 3 is 2.64 bits per heavy atom. The van der Waals surface area contributed by atoms with Crippen molar-refractivity contribution in [2.45, 2.75) is 19.8 Å². The van der Waals surface area contributed by atoms with Gasteiger partial charge in [-0.15, -0.1) is 11.3 Å². The summed E-state index contributed by atoms with van der Waals surface area (Å²) in [4.78, 5) is 15.8. The first-order valence-electron chi connectivity index (χ1n) is 6.91. The van der Waals surface area contributed by atoms with E-state index in [9.17, 15) is 13.2 Å². The van der Waals surface area contributed by atoms with Crippen LogP contribution in [-0.4, -0.2) is 30.8 Å². The van der Waals surface area contributed by atoms with Crippen molar-refractivity contribution in [2.24, 2.45) is 0 Å². The summed E-state index contributed by atoms with van der Waals surface area (Å²) >= 11 is 1.28. The minimum absolute atomic E-state index is 0.00616. The summed E-state index contributed by atoms with van der Waals surface area (Å²) in [5, 5.41) is 4.74. The van der Waals surface area contributed by atoms with E-state index in [-0.39, 0.29) is 5.75 Å². The molecule has 118 valence electrons. The van der Waals surface area contributed by atoms with Crippen LogP contribution in [0.5, 0.6) is 0 Å². The first-order chi connectivity index (χ1) is 10.4. The fraction of sp³-hybridized carbons (Fsp3) is 0.333. The third-order valence-corrected chi connectivity index (χ3v) is 5.47. The number of amides is 1. The Morgan fingerprint density at radius 1 is 1.27 bits per heavy atom. The van der Waals surface area contributed by atoms with Gasteiger partial charge in [0, 0.05) is 5.38 Å². The maximum atomic E-state index is 11.9. The highest BCUT2D eigenvalue weighted by Gasteiger charge is 2.17. The smallest absolute Gasteiger partial charge is 0.241 e. The molecule has 0 bridgehead atoms. The van der Waals surface area contributed by atoms with E-state index in [1.54, 1.807) is 5.38 Å². The van der Waals surface area contributed by atoms with Crippen LogP contribution in [0.2, 0.25) is 0 Å². The van der Waals surface area contributed by atoms with Gasteiger partial charge in [-0.3, -0.25) is 4.79 Å². The molecule has 1 amide bonds. The Kier molecular flexibility index (Phi) is 5.68. The molecule has 2 aromatic rings. The third kappa shape index (κ3) is 5.57. The first-order valence-corrected chi connectivity index (χ1v) is 9.61. The molecule has 0 fully saturated rings. The van der Waals surface area contributed by atoms with Gasteiger partial charge in [-0.1, -0.05) is 30.3 Å². The summed E-state index contributed by atoms with van der Waals surface area (Å²) in [6, 6.07) is 9.69. The molecule has 1 aromatic heterocycles. The van der Waals surface area contributed by atoms with Crippen LogP contribution < -0.4 is 5.32 Å². The van der Waals surface area contributed by atoms with Crippen molar-refractivity contribution in [2.75, 3.05) is 16.8 Å². The highest BCUT2D eigenvalue weighted by Crippen LogP contribution is 2.14. The summed E-state index contributed by atoms with van der Waals surface area (Å²) in [5.74, 6) is -1.03. The summed E-state index contributed by atoms with van der Waals surface area (Å²) < 4.78 is 23.9. The first kappa shape index (κ1) is 16.6. The number of hydrogen-bond donors (Lipinski definition) is 1. The van der Waals surface area contributed by atoms with Gasteiger partial charge in [0.2, 0.25) is 5.91 Å². The molecule has 22 heavy (non-hydrogen) atoms. The summed E-state index contributed by atoms with van der Waals surface area (Å²) in [7, 11) is -3.40. The molecule has 0 atom stereocenters. The minimum atomic E-state index is -3.40. The summed E-state index contributed by atoms with van der Waals surface area (Å²) in [6.45, 7) is 1.81. The normalized spacial score (nSPS) is 11.3. The van der Waals surface area contributed by atoms with Crippen molar-refractivity contribution in [3.05, 3.63) is 47.0 Å². The number of hydrogen-bond acceptors (Lipinski definition) is 5. The van der Waals surface area contributed by atoms with Gasteiger partial charge >= 0.3 is 0 Å². The lowest BCUT2D eigenvalue weighted by atomic mass is 10.1. The lowest BCUT2D eigenvalue weighted by molar-refractivity contribution is -0.113. The molecule has 0 saturated carbocycles. The minimum Gasteiger partial charge on any atom is -0.301 e. The van der Waals surface area contributed by atoms with Crippen LogP contribution in [0.4, 0.5) is 5.13 Å². The lowest BCUT2D eigenvalue weighted by Gasteiger charge is -2.05. The number of anilines is 1. The number of thiazole rings is 1. The number of sulfone groups is 1. The van der Waals surface area contributed by atoms with Crippen LogP contribution in [0.3, 0.4) is 0 Å². The molecule has 0 radical (unpaired) electrons. The molecule has 0 unspecified atom stereocenters. The van der Waals surface area contributed by atoms with Crippen molar-refractivity contribution in [3.63, 3.8) is 0 Å². The zero-order valence-electron chi connectivity index (χ0n) is 12.3. The third-order valence-electron chi connectivity index (χ3n) is 2.98. The monoisotopic (exact) mass is 338 g/mol. The number of carbonyl (C=O) groups is 1. The molecule has 7 heteroatoms. The van der Waals surface area contributed by atoms with Crippen LogP contribution in [0.1, 0.15) is 17.7 Å². The van der Waals surface area contributed by atoms with Gasteiger partial charge in [-0.2, -0.15) is 0 Å². The van der Waals surface area contributed by atoms with Crippen molar-refractivity contribution in [3.8, 4) is 0 Å². The van der Waals surface area contributed by atoms with Crippen molar-refractivity contribution >= 4 is 32.2 Å². The van der Waals surface area contributed by atoms with Crippen LogP contribution in [0, 0.1) is 6.92 Å². The zero-order chi connectivity index (χ0) is 16.0. The predicted molar refractivity (Wildman–Crippen MR) is 88.9 cm³/mol. The predicted octanol–water partition coefficient (Wildman–Crippen LogP) is 2.44. The van der Waals surface area contributed by atoms with Crippen molar-refractivity contribution in [1.82, 2.24) is 4.98 Å². The highest BCUT2D eigenvalue weighted by molar-refractivity contribution is 7.92. The molecule has 0 saturated heterocycles. The van der Waals surface area contributed by atoms with E-state index in [0.29, 0.717) is 18.0 Å². The second kappa shape index (κ2) is 7.51. The van der Waals surface area contributed by atoms with E-state index in [4.69, 9.17) is 0 Å². The van der Waals surface area contributed by atoms with Gasteiger partial charge in [0.1, 0.15) is 5.75 Å². The van der Waals surface area contributed by atoms with Gasteiger partial charge in [0.05, 0.1) is 11.4 Å². The van der Waals surface area contributed by atoms with E-state index >= 15 is 0 Å². The second-order valence-electron chi connectivity index (χ2n) is 5.02. The maximum Gasteiger partial charge on any atom is 0.241 e. The molecular formula is C15H18N2O3S2. The maximum absolute atomic E-state index is 11.9. The molecule has 1 heterocycles. The fourth-order valence-electron chi connectivity index (χ4n) is 1.98. The van der Waals surface area contributed by atoms with Crippen molar-refractivity contribution < 1.29 is 13.2 Å². The molecule has 0 aliphatic rings. The highest BCUT2D eigenvalue weighted by atomic mass is 32.2. The Labute approximate surface area is 134 Å². The Hall–Kier alpha value is -1.73. The van der Waals surface area contributed by atoms with Crippen molar-refractivity contribution in [1.29, 1.82) is 0 Å². The molecule has 1 N–H and O–H groups in total. The average molecular weight is 338 g/mol.